The van der Waals surface area contributed by atoms with Gasteiger partial charge in [0.15, 0.2) is 0 Å². The molecular formula is C14H18BrClN2O. The summed E-state index contributed by atoms with van der Waals surface area (Å²) in [6.07, 6.45) is 0.870. The van der Waals surface area contributed by atoms with Crippen molar-refractivity contribution in [3.8, 4) is 0 Å². The molecule has 3 nitrogen and oxygen atoms in total. The first-order chi connectivity index (χ1) is 8.97. The number of carbonyl (C=O) groups is 1. The molecular weight excluding hydrogens is 328 g/mol. The van der Waals surface area contributed by atoms with Gasteiger partial charge in [-0.25, -0.2) is 0 Å². The molecule has 1 atom stereocenters. The molecule has 0 saturated carbocycles. The van der Waals surface area contributed by atoms with E-state index >= 15 is 0 Å². The zero-order valence-corrected chi connectivity index (χ0v) is 13.4. The number of amides is 1. The molecule has 0 spiro atoms. The van der Waals surface area contributed by atoms with Gasteiger partial charge < -0.3 is 10.6 Å². The van der Waals surface area contributed by atoms with Crippen LogP contribution in [0.2, 0.25) is 5.02 Å². The molecule has 19 heavy (non-hydrogen) atoms. The third-order valence-corrected chi connectivity index (χ3v) is 5.34. The lowest BCUT2D eigenvalue weighted by Gasteiger charge is -2.31. The summed E-state index contributed by atoms with van der Waals surface area (Å²) in [5.74, 6) is 0.357. The van der Waals surface area contributed by atoms with Gasteiger partial charge in [0, 0.05) is 6.54 Å². The van der Waals surface area contributed by atoms with Gasteiger partial charge in [-0.2, -0.15) is 0 Å². The Balaban J connectivity index is 2.23. The number of benzene rings is 1. The van der Waals surface area contributed by atoms with Gasteiger partial charge in [-0.3, -0.25) is 4.79 Å². The van der Waals surface area contributed by atoms with Crippen LogP contribution in [0.25, 0.3) is 0 Å². The number of hydrogen-bond acceptors (Lipinski definition) is 2. The third-order valence-electron chi connectivity index (χ3n) is 3.95. The van der Waals surface area contributed by atoms with E-state index in [1.165, 1.54) is 0 Å². The molecule has 1 aliphatic heterocycles. The summed E-state index contributed by atoms with van der Waals surface area (Å²) >= 11 is 9.45. The van der Waals surface area contributed by atoms with Crippen molar-refractivity contribution in [2.24, 2.45) is 11.3 Å². The fourth-order valence-electron chi connectivity index (χ4n) is 2.51. The second kappa shape index (κ2) is 5.81. The highest BCUT2D eigenvalue weighted by Gasteiger charge is 2.43. The van der Waals surface area contributed by atoms with Crippen LogP contribution in [-0.4, -0.2) is 19.0 Å². The average Bonchev–Trinajstić information content (AvgIpc) is 2.85. The Morgan fingerprint density at radius 2 is 2.26 bits per heavy atom. The normalized spacial score (nSPS) is 22.8. The van der Waals surface area contributed by atoms with Crippen LogP contribution in [0.4, 0.5) is 5.69 Å². The molecule has 104 valence electrons. The van der Waals surface area contributed by atoms with Gasteiger partial charge in [0.05, 0.1) is 20.6 Å². The molecule has 1 aromatic carbocycles. The van der Waals surface area contributed by atoms with Crippen LogP contribution in [-0.2, 0) is 4.79 Å². The summed E-state index contributed by atoms with van der Waals surface area (Å²) in [4.78, 5) is 12.6. The summed E-state index contributed by atoms with van der Waals surface area (Å²) in [6, 6.07) is 5.47. The van der Waals surface area contributed by atoms with Gasteiger partial charge in [0.25, 0.3) is 0 Å². The van der Waals surface area contributed by atoms with E-state index in [9.17, 15) is 4.79 Å². The Morgan fingerprint density at radius 3 is 2.84 bits per heavy atom. The zero-order chi connectivity index (χ0) is 14.0. The topological polar surface area (TPSA) is 41.1 Å². The van der Waals surface area contributed by atoms with E-state index in [4.69, 9.17) is 11.6 Å². The van der Waals surface area contributed by atoms with Crippen molar-refractivity contribution < 1.29 is 4.79 Å². The number of hydrogen-bond donors (Lipinski definition) is 2. The molecule has 1 saturated heterocycles. The number of halogens is 2. The second-order valence-corrected chi connectivity index (χ2v) is 6.49. The number of rotatable bonds is 3. The van der Waals surface area contributed by atoms with Crippen molar-refractivity contribution in [2.75, 3.05) is 18.4 Å². The molecule has 0 aromatic heterocycles. The van der Waals surface area contributed by atoms with Crippen molar-refractivity contribution in [3.63, 3.8) is 0 Å². The minimum absolute atomic E-state index is 0.0652. The lowest BCUT2D eigenvalue weighted by atomic mass is 9.75. The smallest absolute Gasteiger partial charge is 0.232 e. The van der Waals surface area contributed by atoms with Gasteiger partial charge in [-0.1, -0.05) is 31.5 Å². The van der Waals surface area contributed by atoms with E-state index in [1.807, 2.05) is 12.1 Å². The number of carbonyl (C=O) groups excluding carboxylic acids is 1. The van der Waals surface area contributed by atoms with Crippen LogP contribution in [0.5, 0.6) is 0 Å². The van der Waals surface area contributed by atoms with E-state index in [-0.39, 0.29) is 11.3 Å². The van der Waals surface area contributed by atoms with Crippen LogP contribution in [0.3, 0.4) is 0 Å². The van der Waals surface area contributed by atoms with E-state index in [0.717, 1.165) is 29.7 Å². The highest BCUT2D eigenvalue weighted by atomic mass is 79.9. The van der Waals surface area contributed by atoms with Gasteiger partial charge >= 0.3 is 0 Å². The molecule has 1 unspecified atom stereocenters. The highest BCUT2D eigenvalue weighted by Crippen LogP contribution is 2.37. The number of nitrogens with one attached hydrogen (secondary N) is 2. The lowest BCUT2D eigenvalue weighted by molar-refractivity contribution is -0.126. The molecule has 1 heterocycles. The largest absolute Gasteiger partial charge is 0.324 e. The van der Waals surface area contributed by atoms with Crippen molar-refractivity contribution in [2.45, 2.75) is 20.3 Å². The molecule has 1 fully saturated rings. The summed E-state index contributed by atoms with van der Waals surface area (Å²) in [7, 11) is 0. The second-order valence-electron chi connectivity index (χ2n) is 5.29. The van der Waals surface area contributed by atoms with Gasteiger partial charge in [0.1, 0.15) is 0 Å². The summed E-state index contributed by atoms with van der Waals surface area (Å²) in [5, 5.41) is 6.89. The third kappa shape index (κ3) is 2.81. The highest BCUT2D eigenvalue weighted by molar-refractivity contribution is 9.10. The van der Waals surface area contributed by atoms with Crippen LogP contribution in [0.1, 0.15) is 20.3 Å². The van der Waals surface area contributed by atoms with Crippen molar-refractivity contribution >= 4 is 39.1 Å². The maximum Gasteiger partial charge on any atom is 0.232 e. The van der Waals surface area contributed by atoms with E-state index < -0.39 is 0 Å². The molecule has 2 N–H and O–H groups in total. The fourth-order valence-corrected chi connectivity index (χ4v) is 3.05. The van der Waals surface area contributed by atoms with E-state index in [1.54, 1.807) is 6.07 Å². The molecule has 0 aliphatic carbocycles. The zero-order valence-electron chi connectivity index (χ0n) is 11.1. The lowest BCUT2D eigenvalue weighted by Crippen LogP contribution is -2.42. The SMILES string of the molecule is CC(C)C1(C(=O)Nc2cccc(Cl)c2Br)CCNC1. The Kier molecular flexibility index (Phi) is 4.54. The summed E-state index contributed by atoms with van der Waals surface area (Å²) in [6.45, 7) is 5.82. The van der Waals surface area contributed by atoms with E-state index in [2.05, 4.69) is 40.4 Å². The Bertz CT molecular complexity index is 484. The van der Waals surface area contributed by atoms with Gasteiger partial charge in [-0.05, 0) is 46.9 Å². The minimum Gasteiger partial charge on any atom is -0.324 e. The maximum absolute atomic E-state index is 12.6. The molecule has 5 heteroatoms. The molecule has 0 radical (unpaired) electrons. The average molecular weight is 346 g/mol. The summed E-state index contributed by atoms with van der Waals surface area (Å²) in [5.41, 5.74) is 0.395. The Hall–Kier alpha value is -0.580. The first kappa shape index (κ1) is 14.8. The predicted octanol–water partition coefficient (Wildman–Crippen LogP) is 3.68. The first-order valence-corrected chi connectivity index (χ1v) is 7.60. The van der Waals surface area contributed by atoms with Gasteiger partial charge in [0.2, 0.25) is 5.91 Å². The molecule has 0 bridgehead atoms. The van der Waals surface area contributed by atoms with Crippen molar-refractivity contribution in [3.05, 3.63) is 27.7 Å². The molecule has 2 rings (SSSR count). The molecule has 1 aliphatic rings. The number of anilines is 1. The predicted molar refractivity (Wildman–Crippen MR) is 82.5 cm³/mol. The van der Waals surface area contributed by atoms with Crippen molar-refractivity contribution in [1.82, 2.24) is 5.32 Å². The Labute approximate surface area is 127 Å². The standard InChI is InChI=1S/C14H18BrClN2O/c1-9(2)14(6-7-17-8-14)13(19)18-11-5-3-4-10(16)12(11)15/h3-5,9,17H,6-8H2,1-2H3,(H,18,19). The van der Waals surface area contributed by atoms with Gasteiger partial charge in [-0.15, -0.1) is 0 Å². The van der Waals surface area contributed by atoms with Crippen LogP contribution < -0.4 is 10.6 Å². The minimum atomic E-state index is -0.332. The monoisotopic (exact) mass is 344 g/mol. The fraction of sp³-hybridized carbons (Fsp3) is 0.500. The molecule has 1 aromatic rings. The Morgan fingerprint density at radius 1 is 1.53 bits per heavy atom. The summed E-state index contributed by atoms with van der Waals surface area (Å²) < 4.78 is 0.731. The molecule has 1 amide bonds. The first-order valence-electron chi connectivity index (χ1n) is 6.43. The van der Waals surface area contributed by atoms with Crippen molar-refractivity contribution in [1.29, 1.82) is 0 Å². The van der Waals surface area contributed by atoms with Crippen LogP contribution in [0, 0.1) is 11.3 Å². The quantitative estimate of drug-likeness (QED) is 0.877. The van der Waals surface area contributed by atoms with Crippen LogP contribution in [0.15, 0.2) is 22.7 Å². The van der Waals surface area contributed by atoms with E-state index in [0.29, 0.717) is 10.9 Å². The maximum atomic E-state index is 12.6. The van der Waals surface area contributed by atoms with Crippen LogP contribution >= 0.6 is 27.5 Å².